The van der Waals surface area contributed by atoms with Crippen molar-refractivity contribution in [3.63, 3.8) is 0 Å². The SMILES string of the molecule is O=C(Cc1ccc(Cl)c(Cl)c1)N1CCc2sc(-c3noc(C(F)(F)F)n3)cc2C1. The Kier molecular flexibility index (Phi) is 5.30. The summed E-state index contributed by atoms with van der Waals surface area (Å²) in [5, 5.41) is 4.23. The van der Waals surface area contributed by atoms with Crippen LogP contribution in [0, 0.1) is 0 Å². The molecule has 0 N–H and O–H groups in total. The normalized spacial score (nSPS) is 14.2. The highest BCUT2D eigenvalue weighted by atomic mass is 35.5. The van der Waals surface area contributed by atoms with E-state index in [2.05, 4.69) is 14.7 Å². The second-order valence-electron chi connectivity index (χ2n) is 6.47. The van der Waals surface area contributed by atoms with Crippen LogP contribution in [0.2, 0.25) is 10.0 Å². The molecule has 11 heteroatoms. The second kappa shape index (κ2) is 7.62. The first kappa shape index (κ1) is 20.2. The predicted molar refractivity (Wildman–Crippen MR) is 102 cm³/mol. The summed E-state index contributed by atoms with van der Waals surface area (Å²) in [7, 11) is 0. The van der Waals surface area contributed by atoms with Gasteiger partial charge < -0.3 is 9.42 Å². The monoisotopic (exact) mass is 461 g/mol. The summed E-state index contributed by atoms with van der Waals surface area (Å²) in [5.41, 5.74) is 1.63. The van der Waals surface area contributed by atoms with Gasteiger partial charge in [-0.2, -0.15) is 18.2 Å². The molecule has 0 fully saturated rings. The highest BCUT2D eigenvalue weighted by Gasteiger charge is 2.38. The van der Waals surface area contributed by atoms with E-state index in [-0.39, 0.29) is 18.2 Å². The third-order valence-corrected chi connectivity index (χ3v) is 6.42. The number of hydrogen-bond donors (Lipinski definition) is 0. The number of halogens is 5. The zero-order valence-electron chi connectivity index (χ0n) is 14.6. The van der Waals surface area contributed by atoms with Crippen LogP contribution in [0.4, 0.5) is 13.2 Å². The first-order valence-electron chi connectivity index (χ1n) is 8.45. The summed E-state index contributed by atoms with van der Waals surface area (Å²) in [6.07, 6.45) is -3.89. The van der Waals surface area contributed by atoms with Gasteiger partial charge in [0.15, 0.2) is 0 Å². The molecule has 152 valence electrons. The number of thiophene rings is 1. The Morgan fingerprint density at radius 3 is 2.72 bits per heavy atom. The Balaban J connectivity index is 1.48. The minimum Gasteiger partial charge on any atom is -0.338 e. The maximum Gasteiger partial charge on any atom is 0.471 e. The fourth-order valence-corrected chi connectivity index (χ4v) is 4.44. The van der Waals surface area contributed by atoms with Crippen molar-refractivity contribution in [1.29, 1.82) is 0 Å². The average Bonchev–Trinajstić information content (AvgIpc) is 3.30. The first-order chi connectivity index (χ1) is 13.7. The van der Waals surface area contributed by atoms with Crippen LogP contribution in [-0.2, 0) is 30.4 Å². The summed E-state index contributed by atoms with van der Waals surface area (Å²) in [6.45, 7) is 0.892. The van der Waals surface area contributed by atoms with Gasteiger partial charge in [0.1, 0.15) is 0 Å². The van der Waals surface area contributed by atoms with E-state index in [1.807, 2.05) is 0 Å². The number of carbonyl (C=O) groups is 1. The standard InChI is InChI=1S/C18H12Cl2F3N3O2S/c19-11-2-1-9(5-12(11)20)6-15(27)26-4-3-13-10(8-26)7-14(29-13)16-24-17(28-25-16)18(21,22)23/h1-2,5,7H,3-4,6,8H2. The highest BCUT2D eigenvalue weighted by molar-refractivity contribution is 7.15. The number of rotatable bonds is 3. The minimum atomic E-state index is -4.68. The van der Waals surface area contributed by atoms with Crippen LogP contribution in [0.25, 0.3) is 10.7 Å². The van der Waals surface area contributed by atoms with Gasteiger partial charge in [-0.1, -0.05) is 34.4 Å². The molecule has 0 radical (unpaired) electrons. The topological polar surface area (TPSA) is 59.2 Å². The van der Waals surface area contributed by atoms with Gasteiger partial charge in [0, 0.05) is 18.0 Å². The van der Waals surface area contributed by atoms with E-state index >= 15 is 0 Å². The van der Waals surface area contributed by atoms with Gasteiger partial charge in [-0.05, 0) is 35.7 Å². The van der Waals surface area contributed by atoms with Crippen molar-refractivity contribution < 1.29 is 22.5 Å². The zero-order valence-corrected chi connectivity index (χ0v) is 16.9. The lowest BCUT2D eigenvalue weighted by atomic mass is 10.1. The van der Waals surface area contributed by atoms with Crippen molar-refractivity contribution >= 4 is 40.4 Å². The minimum absolute atomic E-state index is 0.0688. The number of hydrogen-bond acceptors (Lipinski definition) is 5. The summed E-state index contributed by atoms with van der Waals surface area (Å²) in [5.74, 6) is -1.55. The van der Waals surface area contributed by atoms with Gasteiger partial charge in [-0.25, -0.2) is 0 Å². The number of benzene rings is 1. The number of carbonyl (C=O) groups excluding carboxylic acids is 1. The molecule has 0 unspecified atom stereocenters. The van der Waals surface area contributed by atoms with Crippen LogP contribution in [0.5, 0.6) is 0 Å². The van der Waals surface area contributed by atoms with Crippen molar-refractivity contribution in [3.05, 3.63) is 56.2 Å². The molecule has 3 aromatic rings. The molecule has 0 atom stereocenters. The van der Waals surface area contributed by atoms with E-state index < -0.39 is 12.1 Å². The van der Waals surface area contributed by atoms with Crippen molar-refractivity contribution in [1.82, 2.24) is 15.0 Å². The van der Waals surface area contributed by atoms with Gasteiger partial charge in [-0.3, -0.25) is 4.79 Å². The Labute approximate surface area is 177 Å². The molecule has 1 amide bonds. The predicted octanol–water partition coefficient (Wildman–Crippen LogP) is 5.25. The first-order valence-corrected chi connectivity index (χ1v) is 10.0. The summed E-state index contributed by atoms with van der Waals surface area (Å²) >= 11 is 13.2. The second-order valence-corrected chi connectivity index (χ2v) is 8.42. The van der Waals surface area contributed by atoms with E-state index in [0.717, 1.165) is 16.0 Å². The zero-order chi connectivity index (χ0) is 20.8. The van der Waals surface area contributed by atoms with Gasteiger partial charge in [-0.15, -0.1) is 11.3 Å². The van der Waals surface area contributed by atoms with Crippen LogP contribution in [0.3, 0.4) is 0 Å². The number of alkyl halides is 3. The van der Waals surface area contributed by atoms with Crippen LogP contribution in [0.1, 0.15) is 21.9 Å². The molecule has 5 nitrogen and oxygen atoms in total. The molecule has 2 aromatic heterocycles. The van der Waals surface area contributed by atoms with Crippen molar-refractivity contribution in [2.45, 2.75) is 25.6 Å². The van der Waals surface area contributed by atoms with Crippen LogP contribution >= 0.6 is 34.5 Å². The molecule has 0 bridgehead atoms. The molecule has 0 saturated carbocycles. The molecule has 1 aliphatic rings. The summed E-state index contributed by atoms with van der Waals surface area (Å²) in [6, 6.07) is 6.77. The molecule has 0 spiro atoms. The molecule has 4 rings (SSSR count). The van der Waals surface area contributed by atoms with Crippen molar-refractivity contribution in [2.24, 2.45) is 0 Å². The number of fused-ring (bicyclic) bond motifs is 1. The third kappa shape index (κ3) is 4.26. The van der Waals surface area contributed by atoms with Crippen molar-refractivity contribution in [2.75, 3.05) is 6.54 Å². The maximum absolute atomic E-state index is 12.7. The average molecular weight is 462 g/mol. The molecule has 0 aliphatic carbocycles. The summed E-state index contributed by atoms with van der Waals surface area (Å²) < 4.78 is 42.3. The summed E-state index contributed by atoms with van der Waals surface area (Å²) in [4.78, 5) is 19.3. The van der Waals surface area contributed by atoms with Crippen LogP contribution in [0.15, 0.2) is 28.8 Å². The van der Waals surface area contributed by atoms with Gasteiger partial charge in [0.25, 0.3) is 0 Å². The molecule has 1 aliphatic heterocycles. The smallest absolute Gasteiger partial charge is 0.338 e. The highest BCUT2D eigenvalue weighted by Crippen LogP contribution is 2.35. The number of amides is 1. The largest absolute Gasteiger partial charge is 0.471 e. The Morgan fingerprint density at radius 2 is 2.03 bits per heavy atom. The Morgan fingerprint density at radius 1 is 1.24 bits per heavy atom. The van der Waals surface area contributed by atoms with E-state index in [4.69, 9.17) is 23.2 Å². The van der Waals surface area contributed by atoms with E-state index in [9.17, 15) is 18.0 Å². The molecule has 3 heterocycles. The molecular weight excluding hydrogens is 450 g/mol. The van der Waals surface area contributed by atoms with Gasteiger partial charge in [0.2, 0.25) is 11.7 Å². The lowest BCUT2D eigenvalue weighted by Gasteiger charge is -2.27. The number of nitrogens with zero attached hydrogens (tertiary/aromatic N) is 3. The van der Waals surface area contributed by atoms with Crippen LogP contribution in [-0.4, -0.2) is 27.5 Å². The van der Waals surface area contributed by atoms with E-state index in [0.29, 0.717) is 34.4 Å². The Bertz CT molecular complexity index is 1080. The molecule has 29 heavy (non-hydrogen) atoms. The molecule has 1 aromatic carbocycles. The lowest BCUT2D eigenvalue weighted by molar-refractivity contribution is -0.159. The van der Waals surface area contributed by atoms with Crippen LogP contribution < -0.4 is 0 Å². The number of aromatic nitrogens is 2. The van der Waals surface area contributed by atoms with E-state index in [1.165, 1.54) is 11.3 Å². The quantitative estimate of drug-likeness (QED) is 0.534. The maximum atomic E-state index is 12.7. The third-order valence-electron chi connectivity index (χ3n) is 4.45. The van der Waals surface area contributed by atoms with Gasteiger partial charge in [0.05, 0.1) is 21.3 Å². The van der Waals surface area contributed by atoms with Gasteiger partial charge >= 0.3 is 12.1 Å². The Hall–Kier alpha value is -2.10. The fourth-order valence-electron chi connectivity index (χ4n) is 3.03. The molecule has 0 saturated heterocycles. The lowest BCUT2D eigenvalue weighted by Crippen LogP contribution is -2.36. The fraction of sp³-hybridized carbons (Fsp3) is 0.278. The molecular formula is C18H12Cl2F3N3O2S. The van der Waals surface area contributed by atoms with E-state index in [1.54, 1.807) is 29.2 Å². The van der Waals surface area contributed by atoms with Crippen molar-refractivity contribution in [3.8, 4) is 10.7 Å².